The Morgan fingerprint density at radius 3 is 2.49 bits per heavy atom. The molecule has 0 N–H and O–H groups in total. The van der Waals surface area contributed by atoms with Gasteiger partial charge in [0.2, 0.25) is 6.79 Å². The molecule has 0 saturated carbocycles. The Morgan fingerprint density at radius 2 is 1.74 bits per heavy atom. The van der Waals surface area contributed by atoms with Gasteiger partial charge in [0.25, 0.3) is 5.91 Å². The number of rotatable bonds is 5. The average molecular weight is 486 g/mol. The van der Waals surface area contributed by atoms with Gasteiger partial charge in [-0.05, 0) is 48.5 Å². The van der Waals surface area contributed by atoms with Crippen LogP contribution in [0, 0.1) is 0 Å². The molecule has 1 amide bonds. The summed E-state index contributed by atoms with van der Waals surface area (Å²) >= 11 is 0. The van der Waals surface area contributed by atoms with E-state index in [1.165, 1.54) is 12.1 Å². The molecule has 1 fully saturated rings. The molecule has 0 unspecified atom stereocenters. The van der Waals surface area contributed by atoms with Crippen LogP contribution in [0.3, 0.4) is 0 Å². The molecule has 2 aliphatic rings. The molecule has 0 atom stereocenters. The highest BCUT2D eigenvalue weighted by molar-refractivity contribution is 5.78. The number of carbonyl (C=O) groups is 1. The van der Waals surface area contributed by atoms with Gasteiger partial charge in [0.15, 0.2) is 23.9 Å². The number of hydrogen-bond donors (Lipinski definition) is 0. The zero-order valence-corrected chi connectivity index (χ0v) is 18.5. The standard InChI is InChI=1S/C24H21F3N4O4/c25-24(26,27)17-2-1-3-18(13-17)33-14-23(32)31-10-8-30(9-11-31)22-7-5-19(28-29-22)16-4-6-20-21(12-16)35-15-34-20/h1-7,12-13H,8-11,14-15H2. The minimum Gasteiger partial charge on any atom is -0.484 e. The van der Waals surface area contributed by atoms with Gasteiger partial charge in [-0.15, -0.1) is 10.2 Å². The lowest BCUT2D eigenvalue weighted by Crippen LogP contribution is -2.50. The fourth-order valence-electron chi connectivity index (χ4n) is 3.89. The van der Waals surface area contributed by atoms with Gasteiger partial charge >= 0.3 is 6.18 Å². The fourth-order valence-corrected chi connectivity index (χ4v) is 3.89. The first-order valence-corrected chi connectivity index (χ1v) is 10.9. The first-order valence-electron chi connectivity index (χ1n) is 10.9. The van der Waals surface area contributed by atoms with Crippen LogP contribution >= 0.6 is 0 Å². The number of nitrogens with zero attached hydrogens (tertiary/aromatic N) is 4. The van der Waals surface area contributed by atoms with Crippen molar-refractivity contribution >= 4 is 11.7 Å². The zero-order valence-electron chi connectivity index (χ0n) is 18.5. The van der Waals surface area contributed by atoms with Crippen LogP contribution in [0.4, 0.5) is 19.0 Å². The van der Waals surface area contributed by atoms with Crippen LogP contribution < -0.4 is 19.1 Å². The summed E-state index contributed by atoms with van der Waals surface area (Å²) in [7, 11) is 0. The SMILES string of the molecule is O=C(COc1cccc(C(F)(F)F)c1)N1CCN(c2ccc(-c3ccc4c(c3)OCO4)nn2)CC1. The fraction of sp³-hybridized carbons (Fsp3) is 0.292. The van der Waals surface area contributed by atoms with Gasteiger partial charge in [-0.2, -0.15) is 13.2 Å². The van der Waals surface area contributed by atoms with Gasteiger partial charge in [0, 0.05) is 31.7 Å². The number of aromatic nitrogens is 2. The summed E-state index contributed by atoms with van der Waals surface area (Å²) < 4.78 is 54.5. The van der Waals surface area contributed by atoms with E-state index in [1.54, 1.807) is 4.90 Å². The highest BCUT2D eigenvalue weighted by Crippen LogP contribution is 2.35. The molecule has 3 heterocycles. The van der Waals surface area contributed by atoms with Crippen molar-refractivity contribution < 1.29 is 32.2 Å². The summed E-state index contributed by atoms with van der Waals surface area (Å²) in [6.45, 7) is 1.86. The lowest BCUT2D eigenvalue weighted by atomic mass is 10.1. The van der Waals surface area contributed by atoms with Crippen LogP contribution in [0.5, 0.6) is 17.2 Å². The molecule has 11 heteroatoms. The molecular formula is C24H21F3N4O4. The topological polar surface area (TPSA) is 77.0 Å². The molecule has 1 aromatic heterocycles. The smallest absolute Gasteiger partial charge is 0.416 e. The summed E-state index contributed by atoms with van der Waals surface area (Å²) in [5.74, 6) is 1.79. The second-order valence-electron chi connectivity index (χ2n) is 8.03. The molecule has 0 radical (unpaired) electrons. The molecule has 8 nitrogen and oxygen atoms in total. The van der Waals surface area contributed by atoms with Crippen molar-refractivity contribution in [2.45, 2.75) is 6.18 Å². The van der Waals surface area contributed by atoms with Crippen molar-refractivity contribution in [1.29, 1.82) is 0 Å². The molecule has 2 aromatic carbocycles. The Labute approximate surface area is 198 Å². The predicted octanol–water partition coefficient (Wildman–Crippen LogP) is 3.62. The molecule has 2 aliphatic heterocycles. The van der Waals surface area contributed by atoms with Crippen molar-refractivity contribution in [2.75, 3.05) is 44.5 Å². The van der Waals surface area contributed by atoms with Gasteiger partial charge in [0.05, 0.1) is 11.3 Å². The van der Waals surface area contributed by atoms with E-state index in [0.29, 0.717) is 49.2 Å². The van der Waals surface area contributed by atoms with Crippen molar-refractivity contribution in [3.8, 4) is 28.5 Å². The predicted molar refractivity (Wildman–Crippen MR) is 119 cm³/mol. The van der Waals surface area contributed by atoms with E-state index in [9.17, 15) is 18.0 Å². The van der Waals surface area contributed by atoms with E-state index in [2.05, 4.69) is 10.2 Å². The molecule has 1 saturated heterocycles. The van der Waals surface area contributed by atoms with E-state index in [-0.39, 0.29) is 25.1 Å². The minimum atomic E-state index is -4.47. The summed E-state index contributed by atoms with van der Waals surface area (Å²) in [6, 6.07) is 13.8. The number of alkyl halides is 3. The Balaban J connectivity index is 1.14. The van der Waals surface area contributed by atoms with E-state index in [1.807, 2.05) is 35.2 Å². The summed E-state index contributed by atoms with van der Waals surface area (Å²) in [5, 5.41) is 8.65. The van der Waals surface area contributed by atoms with Crippen LogP contribution in [-0.2, 0) is 11.0 Å². The first-order chi connectivity index (χ1) is 16.9. The molecule has 182 valence electrons. The normalized spacial score (nSPS) is 15.3. The highest BCUT2D eigenvalue weighted by Gasteiger charge is 2.31. The lowest BCUT2D eigenvalue weighted by Gasteiger charge is -2.35. The monoisotopic (exact) mass is 486 g/mol. The molecule has 0 aliphatic carbocycles. The molecule has 5 rings (SSSR count). The molecule has 35 heavy (non-hydrogen) atoms. The Hall–Kier alpha value is -4.02. The molecule has 0 spiro atoms. The maximum atomic E-state index is 12.8. The minimum absolute atomic E-state index is 0.00429. The maximum Gasteiger partial charge on any atom is 0.416 e. The van der Waals surface area contributed by atoms with E-state index in [0.717, 1.165) is 17.7 Å². The molecule has 3 aromatic rings. The molecule has 0 bridgehead atoms. The van der Waals surface area contributed by atoms with Crippen molar-refractivity contribution in [3.63, 3.8) is 0 Å². The zero-order chi connectivity index (χ0) is 24.4. The number of hydrogen-bond acceptors (Lipinski definition) is 7. The third-order valence-corrected chi connectivity index (χ3v) is 5.80. The van der Waals surface area contributed by atoms with E-state index in [4.69, 9.17) is 14.2 Å². The second kappa shape index (κ2) is 9.32. The Morgan fingerprint density at radius 1 is 0.943 bits per heavy atom. The third kappa shape index (κ3) is 5.08. The van der Waals surface area contributed by atoms with Crippen molar-refractivity contribution in [1.82, 2.24) is 15.1 Å². The average Bonchev–Trinajstić information content (AvgIpc) is 3.35. The largest absolute Gasteiger partial charge is 0.484 e. The third-order valence-electron chi connectivity index (χ3n) is 5.80. The van der Waals surface area contributed by atoms with Crippen LogP contribution in [0.2, 0.25) is 0 Å². The Kier molecular flexibility index (Phi) is 6.06. The van der Waals surface area contributed by atoms with Gasteiger partial charge < -0.3 is 24.0 Å². The summed E-state index contributed by atoms with van der Waals surface area (Å²) in [6.07, 6.45) is -4.47. The number of anilines is 1. The van der Waals surface area contributed by atoms with Crippen LogP contribution in [0.1, 0.15) is 5.56 Å². The lowest BCUT2D eigenvalue weighted by molar-refractivity contribution is -0.137. The number of piperazine rings is 1. The molecular weight excluding hydrogens is 465 g/mol. The second-order valence-corrected chi connectivity index (χ2v) is 8.03. The Bertz CT molecular complexity index is 1210. The number of benzene rings is 2. The highest BCUT2D eigenvalue weighted by atomic mass is 19.4. The van der Waals surface area contributed by atoms with Crippen molar-refractivity contribution in [2.24, 2.45) is 0 Å². The maximum absolute atomic E-state index is 12.8. The quantitative estimate of drug-likeness (QED) is 0.545. The summed E-state index contributed by atoms with van der Waals surface area (Å²) in [4.78, 5) is 16.1. The van der Waals surface area contributed by atoms with Gasteiger partial charge in [-0.3, -0.25) is 4.79 Å². The van der Waals surface area contributed by atoms with Gasteiger partial charge in [-0.25, -0.2) is 0 Å². The van der Waals surface area contributed by atoms with E-state index < -0.39 is 11.7 Å². The summed E-state index contributed by atoms with van der Waals surface area (Å²) in [5.41, 5.74) is 0.749. The van der Waals surface area contributed by atoms with Gasteiger partial charge in [0.1, 0.15) is 5.75 Å². The van der Waals surface area contributed by atoms with E-state index >= 15 is 0 Å². The number of halogens is 3. The van der Waals surface area contributed by atoms with Crippen LogP contribution in [0.15, 0.2) is 54.6 Å². The number of ether oxygens (including phenoxy) is 3. The number of amides is 1. The number of carbonyl (C=O) groups excluding carboxylic acids is 1. The van der Waals surface area contributed by atoms with Crippen LogP contribution in [-0.4, -0.2) is 60.6 Å². The van der Waals surface area contributed by atoms with Crippen LogP contribution in [0.25, 0.3) is 11.3 Å². The first kappa shape index (κ1) is 22.8. The number of fused-ring (bicyclic) bond motifs is 1. The van der Waals surface area contributed by atoms with Gasteiger partial charge in [-0.1, -0.05) is 6.07 Å². The van der Waals surface area contributed by atoms with Crippen molar-refractivity contribution in [3.05, 3.63) is 60.2 Å².